The van der Waals surface area contributed by atoms with Crippen LogP contribution >= 0.6 is 23.2 Å². The van der Waals surface area contributed by atoms with E-state index in [0.29, 0.717) is 41.8 Å². The Labute approximate surface area is 134 Å². The maximum Gasteiger partial charge on any atom is 0.225 e. The number of nitrogens with zero attached hydrogens (tertiary/aromatic N) is 2. The number of nitrogens with one attached hydrogen (secondary N) is 1. The summed E-state index contributed by atoms with van der Waals surface area (Å²) in [6.45, 7) is 3.20. The molecule has 1 atom stereocenters. The highest BCUT2D eigenvalue weighted by Gasteiger charge is 2.25. The van der Waals surface area contributed by atoms with Crippen molar-refractivity contribution in [3.63, 3.8) is 0 Å². The molecule has 1 aliphatic rings. The highest BCUT2D eigenvalue weighted by Crippen LogP contribution is 2.29. The normalized spacial score (nSPS) is 17.8. The number of carbonyl (C=O) groups excluding carboxylic acids is 1. The van der Waals surface area contributed by atoms with Crippen LogP contribution in [0.2, 0.25) is 10.0 Å². The fourth-order valence-corrected chi connectivity index (χ4v) is 2.33. The number of nitrogens with two attached hydrogens (primary N) is 1. The minimum absolute atomic E-state index is 0.0537. The van der Waals surface area contributed by atoms with E-state index in [2.05, 4.69) is 10.4 Å². The first-order valence-electron chi connectivity index (χ1n) is 6.82. The van der Waals surface area contributed by atoms with E-state index in [1.165, 1.54) is 0 Å². The van der Waals surface area contributed by atoms with Crippen molar-refractivity contribution in [3.05, 3.63) is 28.2 Å². The van der Waals surface area contributed by atoms with Crippen molar-refractivity contribution >= 4 is 40.6 Å². The number of hydrazone groups is 1. The van der Waals surface area contributed by atoms with Crippen molar-refractivity contribution in [1.82, 2.24) is 5.32 Å². The fourth-order valence-electron chi connectivity index (χ4n) is 2.04. The van der Waals surface area contributed by atoms with Crippen LogP contribution < -0.4 is 16.1 Å². The minimum Gasteiger partial charge on any atom is -0.330 e. The second kappa shape index (κ2) is 7.11. The fraction of sp³-hybridized carbons (Fsp3) is 0.429. The maximum absolute atomic E-state index is 11.7. The average Bonchev–Trinajstić information content (AvgIpc) is 2.81. The van der Waals surface area contributed by atoms with E-state index in [0.717, 1.165) is 5.69 Å². The van der Waals surface area contributed by atoms with E-state index >= 15 is 0 Å². The van der Waals surface area contributed by atoms with Gasteiger partial charge in [-0.15, -0.1) is 0 Å². The number of hydrogen-bond acceptors (Lipinski definition) is 4. The molecule has 5 nitrogen and oxygen atoms in total. The van der Waals surface area contributed by atoms with Crippen LogP contribution in [0.25, 0.3) is 0 Å². The van der Waals surface area contributed by atoms with Gasteiger partial charge in [-0.1, -0.05) is 30.1 Å². The van der Waals surface area contributed by atoms with Gasteiger partial charge in [0.05, 0.1) is 22.3 Å². The molecular formula is C14H18Cl2N4O. The Hall–Kier alpha value is -1.30. The molecule has 0 saturated heterocycles. The molecule has 7 heteroatoms. The molecule has 1 heterocycles. The van der Waals surface area contributed by atoms with Gasteiger partial charge in [-0.3, -0.25) is 9.80 Å². The molecule has 114 valence electrons. The Balaban J connectivity index is 2.06. The topological polar surface area (TPSA) is 70.7 Å². The first-order valence-corrected chi connectivity index (χ1v) is 7.58. The molecule has 1 amide bonds. The van der Waals surface area contributed by atoms with Crippen LogP contribution in [0.15, 0.2) is 23.3 Å². The van der Waals surface area contributed by atoms with Gasteiger partial charge in [0.2, 0.25) is 5.91 Å². The molecule has 0 radical (unpaired) electrons. The lowest BCUT2D eigenvalue weighted by molar-refractivity contribution is -0.119. The van der Waals surface area contributed by atoms with Crippen molar-refractivity contribution in [1.29, 1.82) is 0 Å². The van der Waals surface area contributed by atoms with Crippen molar-refractivity contribution < 1.29 is 4.79 Å². The predicted molar refractivity (Wildman–Crippen MR) is 86.8 cm³/mol. The van der Waals surface area contributed by atoms with E-state index in [4.69, 9.17) is 28.9 Å². The lowest BCUT2D eigenvalue weighted by Gasteiger charge is -2.14. The molecule has 0 saturated carbocycles. The van der Waals surface area contributed by atoms with E-state index in [1.54, 1.807) is 12.1 Å². The van der Waals surface area contributed by atoms with Gasteiger partial charge in [-0.05, 0) is 31.2 Å². The third-order valence-electron chi connectivity index (χ3n) is 3.22. The first kappa shape index (κ1) is 16.1. The van der Waals surface area contributed by atoms with Gasteiger partial charge < -0.3 is 11.1 Å². The van der Waals surface area contributed by atoms with Crippen LogP contribution in [0.4, 0.5) is 5.69 Å². The standard InChI is InChI=1S/C14H18Cl2N4O/c1-9-8-20(10-4-5-11(15)12(16)7-10)19-14(9)18-13(21)3-2-6-17/h4-5,7,9H,2-3,6,8,17H2,1H3,(H,18,19,21). The summed E-state index contributed by atoms with van der Waals surface area (Å²) in [5, 5.41) is 10.1. The number of amidine groups is 1. The Bertz CT molecular complexity index is 562. The largest absolute Gasteiger partial charge is 0.330 e. The van der Waals surface area contributed by atoms with Gasteiger partial charge in [0, 0.05) is 12.3 Å². The SMILES string of the molecule is CC1CN(c2ccc(Cl)c(Cl)c2)N=C1NC(=O)CCCN. The van der Waals surface area contributed by atoms with Crippen LogP contribution in [0, 0.1) is 5.92 Å². The number of carbonyl (C=O) groups is 1. The molecule has 0 aromatic heterocycles. The summed E-state index contributed by atoms with van der Waals surface area (Å²) >= 11 is 11.9. The third kappa shape index (κ3) is 4.09. The van der Waals surface area contributed by atoms with Gasteiger partial charge in [0.15, 0.2) is 0 Å². The van der Waals surface area contributed by atoms with Crippen LogP contribution in [-0.4, -0.2) is 24.8 Å². The molecule has 1 unspecified atom stereocenters. The van der Waals surface area contributed by atoms with E-state index < -0.39 is 0 Å². The molecule has 0 fully saturated rings. The number of hydrogen-bond donors (Lipinski definition) is 2. The maximum atomic E-state index is 11.7. The molecule has 1 aromatic rings. The third-order valence-corrected chi connectivity index (χ3v) is 3.96. The number of benzene rings is 1. The molecule has 1 aliphatic heterocycles. The van der Waals surface area contributed by atoms with Crippen molar-refractivity contribution in [3.8, 4) is 0 Å². The Kier molecular flexibility index (Phi) is 5.45. The van der Waals surface area contributed by atoms with E-state index in [1.807, 2.05) is 18.0 Å². The van der Waals surface area contributed by atoms with Crippen molar-refractivity contribution in [2.75, 3.05) is 18.1 Å². The number of amides is 1. The average molecular weight is 329 g/mol. The molecule has 3 N–H and O–H groups in total. The zero-order chi connectivity index (χ0) is 15.4. The molecule has 0 bridgehead atoms. The van der Waals surface area contributed by atoms with Gasteiger partial charge in [-0.2, -0.15) is 5.10 Å². The predicted octanol–water partition coefficient (Wildman–Crippen LogP) is 2.62. The summed E-state index contributed by atoms with van der Waals surface area (Å²) < 4.78 is 0. The number of rotatable bonds is 4. The van der Waals surface area contributed by atoms with E-state index in [9.17, 15) is 4.79 Å². The second-order valence-corrected chi connectivity index (χ2v) is 5.82. The van der Waals surface area contributed by atoms with Gasteiger partial charge in [-0.25, -0.2) is 0 Å². The highest BCUT2D eigenvalue weighted by atomic mass is 35.5. The summed E-state index contributed by atoms with van der Waals surface area (Å²) in [6, 6.07) is 5.35. The van der Waals surface area contributed by atoms with Gasteiger partial charge in [0.25, 0.3) is 0 Å². The quantitative estimate of drug-likeness (QED) is 0.892. The Morgan fingerprint density at radius 3 is 2.90 bits per heavy atom. The number of anilines is 1. The van der Waals surface area contributed by atoms with Gasteiger partial charge >= 0.3 is 0 Å². The Morgan fingerprint density at radius 1 is 1.48 bits per heavy atom. The monoisotopic (exact) mass is 328 g/mol. The summed E-state index contributed by atoms with van der Waals surface area (Å²) in [7, 11) is 0. The lowest BCUT2D eigenvalue weighted by Crippen LogP contribution is -2.33. The van der Waals surface area contributed by atoms with Crippen LogP contribution in [-0.2, 0) is 4.79 Å². The molecule has 2 rings (SSSR count). The molecule has 0 aliphatic carbocycles. The summed E-state index contributed by atoms with van der Waals surface area (Å²) in [5.41, 5.74) is 6.24. The zero-order valence-electron chi connectivity index (χ0n) is 11.8. The lowest BCUT2D eigenvalue weighted by atomic mass is 10.1. The summed E-state index contributed by atoms with van der Waals surface area (Å²) in [6.07, 6.45) is 1.08. The zero-order valence-corrected chi connectivity index (χ0v) is 13.3. The summed E-state index contributed by atoms with van der Waals surface area (Å²) in [5.74, 6) is 0.756. The number of halogens is 2. The second-order valence-electron chi connectivity index (χ2n) is 5.01. The van der Waals surface area contributed by atoms with Crippen LogP contribution in [0.1, 0.15) is 19.8 Å². The van der Waals surface area contributed by atoms with Crippen molar-refractivity contribution in [2.24, 2.45) is 16.8 Å². The summed E-state index contributed by atoms with van der Waals surface area (Å²) in [4.78, 5) is 11.7. The highest BCUT2D eigenvalue weighted by molar-refractivity contribution is 6.42. The smallest absolute Gasteiger partial charge is 0.225 e. The van der Waals surface area contributed by atoms with Crippen LogP contribution in [0.3, 0.4) is 0 Å². The molecule has 1 aromatic carbocycles. The molecular weight excluding hydrogens is 311 g/mol. The van der Waals surface area contributed by atoms with Gasteiger partial charge in [0.1, 0.15) is 5.84 Å². The van der Waals surface area contributed by atoms with Crippen LogP contribution in [0.5, 0.6) is 0 Å². The molecule has 21 heavy (non-hydrogen) atoms. The van der Waals surface area contributed by atoms with Crippen molar-refractivity contribution in [2.45, 2.75) is 19.8 Å². The van der Waals surface area contributed by atoms with E-state index in [-0.39, 0.29) is 11.8 Å². The first-order chi connectivity index (χ1) is 10.0. The minimum atomic E-state index is -0.0537. The Morgan fingerprint density at radius 2 is 2.24 bits per heavy atom. The molecule has 0 spiro atoms.